The Labute approximate surface area is 114 Å². The normalized spacial score (nSPS) is 14.2. The van der Waals surface area contributed by atoms with Crippen molar-refractivity contribution in [3.05, 3.63) is 6.33 Å². The molecule has 0 bridgehead atoms. The number of aromatic nitrogens is 2. The number of nitrogens with zero attached hydrogens (tertiary/aromatic N) is 2. The van der Waals surface area contributed by atoms with E-state index in [0.29, 0.717) is 30.4 Å². The summed E-state index contributed by atoms with van der Waals surface area (Å²) in [6, 6.07) is 0. The van der Waals surface area contributed by atoms with Crippen LogP contribution in [0.4, 0.5) is 11.5 Å². The average molecular weight is 268 g/mol. The van der Waals surface area contributed by atoms with E-state index < -0.39 is 5.60 Å². The molecule has 0 aliphatic heterocycles. The lowest BCUT2D eigenvalue weighted by Gasteiger charge is -2.23. The van der Waals surface area contributed by atoms with Gasteiger partial charge in [-0.3, -0.25) is 0 Å². The van der Waals surface area contributed by atoms with Crippen molar-refractivity contribution in [2.24, 2.45) is 0 Å². The van der Waals surface area contributed by atoms with E-state index >= 15 is 0 Å². The molecule has 0 aromatic carbocycles. The van der Waals surface area contributed by atoms with Crippen LogP contribution >= 0.6 is 0 Å². The quantitative estimate of drug-likeness (QED) is 0.698. The Morgan fingerprint density at radius 2 is 2.16 bits per heavy atom. The highest BCUT2D eigenvalue weighted by atomic mass is 16.5. The van der Waals surface area contributed by atoms with Crippen molar-refractivity contribution in [1.82, 2.24) is 9.97 Å². The summed E-state index contributed by atoms with van der Waals surface area (Å²) in [5.41, 5.74) is 5.52. The zero-order valence-electron chi connectivity index (χ0n) is 12.1. The second-order valence-electron chi connectivity index (χ2n) is 5.21. The van der Waals surface area contributed by atoms with E-state index in [9.17, 15) is 5.11 Å². The molecule has 0 radical (unpaired) electrons. The molecular weight excluding hydrogens is 244 g/mol. The van der Waals surface area contributed by atoms with E-state index in [4.69, 9.17) is 10.5 Å². The van der Waals surface area contributed by atoms with Crippen LogP contribution in [0.1, 0.15) is 40.5 Å². The number of rotatable bonds is 7. The van der Waals surface area contributed by atoms with Gasteiger partial charge in [0.25, 0.3) is 0 Å². The molecule has 6 nitrogen and oxygen atoms in total. The first-order valence-electron chi connectivity index (χ1n) is 6.59. The van der Waals surface area contributed by atoms with Crippen LogP contribution in [-0.2, 0) is 0 Å². The van der Waals surface area contributed by atoms with Gasteiger partial charge in [0, 0.05) is 6.54 Å². The van der Waals surface area contributed by atoms with E-state index in [1.807, 2.05) is 20.8 Å². The third-order valence-corrected chi connectivity index (χ3v) is 2.62. The van der Waals surface area contributed by atoms with Crippen LogP contribution in [0.3, 0.4) is 0 Å². The van der Waals surface area contributed by atoms with Crippen LogP contribution in [0.2, 0.25) is 0 Å². The Balaban J connectivity index is 2.74. The maximum Gasteiger partial charge on any atom is 0.242 e. The van der Waals surface area contributed by atoms with Crippen molar-refractivity contribution in [2.75, 3.05) is 17.6 Å². The van der Waals surface area contributed by atoms with Gasteiger partial charge in [-0.1, -0.05) is 13.3 Å². The summed E-state index contributed by atoms with van der Waals surface area (Å²) >= 11 is 0. The molecular formula is C13H24N4O2. The Kier molecular flexibility index (Phi) is 5.35. The van der Waals surface area contributed by atoms with E-state index in [2.05, 4.69) is 15.3 Å². The van der Waals surface area contributed by atoms with E-state index in [0.717, 1.165) is 6.42 Å². The Hall–Kier alpha value is -1.56. The molecule has 0 saturated heterocycles. The lowest BCUT2D eigenvalue weighted by molar-refractivity contribution is 0.0636. The fraction of sp³-hybridized carbons (Fsp3) is 0.692. The number of nitrogen functional groups attached to an aromatic ring is 1. The lowest BCUT2D eigenvalue weighted by atomic mass is 10.0. The number of ether oxygens (including phenoxy) is 1. The van der Waals surface area contributed by atoms with Gasteiger partial charge < -0.3 is 20.9 Å². The van der Waals surface area contributed by atoms with Crippen molar-refractivity contribution >= 4 is 11.5 Å². The van der Waals surface area contributed by atoms with Crippen molar-refractivity contribution in [3.63, 3.8) is 0 Å². The first-order valence-corrected chi connectivity index (χ1v) is 6.59. The van der Waals surface area contributed by atoms with Gasteiger partial charge in [0.1, 0.15) is 12.0 Å². The molecule has 108 valence electrons. The third kappa shape index (κ3) is 4.90. The van der Waals surface area contributed by atoms with Gasteiger partial charge in [-0.05, 0) is 27.2 Å². The van der Waals surface area contributed by atoms with Gasteiger partial charge in [-0.15, -0.1) is 0 Å². The summed E-state index contributed by atoms with van der Waals surface area (Å²) in [6.07, 6.45) is 3.01. The average Bonchev–Trinajstić information content (AvgIpc) is 2.29. The summed E-state index contributed by atoms with van der Waals surface area (Å²) in [5, 5.41) is 13.1. The molecule has 1 atom stereocenters. The van der Waals surface area contributed by atoms with Crippen LogP contribution < -0.4 is 15.8 Å². The van der Waals surface area contributed by atoms with Gasteiger partial charge in [-0.25, -0.2) is 4.98 Å². The third-order valence-electron chi connectivity index (χ3n) is 2.62. The standard InChI is InChI=1S/C13H24N4O2/c1-5-6-13(4,18)7-15-11-10(14)12(17-8-16-11)19-9(2)3/h8-9,18H,5-7,14H2,1-4H3,(H,15,16,17). The highest BCUT2D eigenvalue weighted by molar-refractivity contribution is 5.66. The maximum atomic E-state index is 10.1. The van der Waals surface area contributed by atoms with Crippen LogP contribution in [0.15, 0.2) is 6.33 Å². The van der Waals surface area contributed by atoms with Crippen molar-refractivity contribution in [1.29, 1.82) is 0 Å². The molecule has 1 unspecified atom stereocenters. The second kappa shape index (κ2) is 6.56. The number of nitrogens with two attached hydrogens (primary N) is 1. The van der Waals surface area contributed by atoms with Crippen molar-refractivity contribution in [2.45, 2.75) is 52.2 Å². The van der Waals surface area contributed by atoms with Crippen LogP contribution in [0, 0.1) is 0 Å². The van der Waals surface area contributed by atoms with Gasteiger partial charge in [0.05, 0.1) is 11.7 Å². The van der Waals surface area contributed by atoms with E-state index in [1.54, 1.807) is 6.92 Å². The molecule has 0 spiro atoms. The van der Waals surface area contributed by atoms with Crippen LogP contribution in [0.5, 0.6) is 5.88 Å². The number of aliphatic hydroxyl groups is 1. The molecule has 0 amide bonds. The topological polar surface area (TPSA) is 93.3 Å². The molecule has 1 rings (SSSR count). The summed E-state index contributed by atoms with van der Waals surface area (Å²) in [4.78, 5) is 8.07. The minimum Gasteiger partial charge on any atom is -0.473 e. The fourth-order valence-corrected chi connectivity index (χ4v) is 1.74. The lowest BCUT2D eigenvalue weighted by Crippen LogP contribution is -2.33. The Morgan fingerprint density at radius 1 is 1.47 bits per heavy atom. The Morgan fingerprint density at radius 3 is 2.74 bits per heavy atom. The smallest absolute Gasteiger partial charge is 0.242 e. The zero-order valence-corrected chi connectivity index (χ0v) is 12.1. The molecule has 0 saturated carbocycles. The van der Waals surface area contributed by atoms with Gasteiger partial charge in [-0.2, -0.15) is 4.98 Å². The highest BCUT2D eigenvalue weighted by Gasteiger charge is 2.20. The van der Waals surface area contributed by atoms with Gasteiger partial charge in [0.2, 0.25) is 5.88 Å². The van der Waals surface area contributed by atoms with Crippen molar-refractivity contribution < 1.29 is 9.84 Å². The number of nitrogens with one attached hydrogen (secondary N) is 1. The SMILES string of the molecule is CCCC(C)(O)CNc1ncnc(OC(C)C)c1N. The van der Waals surface area contributed by atoms with Crippen molar-refractivity contribution in [3.8, 4) is 5.88 Å². The van der Waals surface area contributed by atoms with E-state index in [1.165, 1.54) is 6.33 Å². The molecule has 0 aliphatic rings. The molecule has 4 N–H and O–H groups in total. The van der Waals surface area contributed by atoms with Gasteiger partial charge >= 0.3 is 0 Å². The monoisotopic (exact) mass is 268 g/mol. The molecule has 19 heavy (non-hydrogen) atoms. The molecule has 1 heterocycles. The summed E-state index contributed by atoms with van der Waals surface area (Å²) in [7, 11) is 0. The molecule has 1 aromatic rings. The van der Waals surface area contributed by atoms with Crippen LogP contribution in [0.25, 0.3) is 0 Å². The molecule has 0 fully saturated rings. The minimum atomic E-state index is -0.786. The molecule has 6 heteroatoms. The highest BCUT2D eigenvalue weighted by Crippen LogP contribution is 2.26. The number of hydrogen-bond donors (Lipinski definition) is 3. The van der Waals surface area contributed by atoms with Crippen LogP contribution in [-0.4, -0.2) is 33.3 Å². The van der Waals surface area contributed by atoms with Gasteiger partial charge in [0.15, 0.2) is 5.82 Å². The Bertz CT molecular complexity index is 408. The summed E-state index contributed by atoms with van der Waals surface area (Å²) in [5.74, 6) is 0.852. The first-order chi connectivity index (χ1) is 8.85. The summed E-state index contributed by atoms with van der Waals surface area (Å²) in [6.45, 7) is 8.00. The zero-order chi connectivity index (χ0) is 14.5. The number of anilines is 2. The molecule has 1 aromatic heterocycles. The molecule has 0 aliphatic carbocycles. The fourth-order valence-electron chi connectivity index (χ4n) is 1.74. The van der Waals surface area contributed by atoms with E-state index in [-0.39, 0.29) is 6.10 Å². The minimum absolute atomic E-state index is 0.00625. The maximum absolute atomic E-state index is 10.1. The predicted molar refractivity (Wildman–Crippen MR) is 76.2 cm³/mol. The second-order valence-corrected chi connectivity index (χ2v) is 5.21. The number of hydrogen-bond acceptors (Lipinski definition) is 6. The predicted octanol–water partition coefficient (Wildman–Crippen LogP) is 1.81. The first kappa shape index (κ1) is 15.5. The largest absolute Gasteiger partial charge is 0.473 e. The summed E-state index contributed by atoms with van der Waals surface area (Å²) < 4.78 is 5.49.